The van der Waals surface area contributed by atoms with E-state index in [1.165, 1.54) is 18.2 Å². The lowest BCUT2D eigenvalue weighted by atomic mass is 10.1. The van der Waals surface area contributed by atoms with Gasteiger partial charge in [-0.1, -0.05) is 36.4 Å². The van der Waals surface area contributed by atoms with Crippen molar-refractivity contribution < 1.29 is 18.0 Å². The molecule has 0 amide bonds. The smallest absolute Gasteiger partial charge is 0.289 e. The molecule has 0 fully saturated rings. The Hall–Kier alpha value is -1.63. The van der Waals surface area contributed by atoms with E-state index in [0.717, 1.165) is 21.3 Å². The highest BCUT2D eigenvalue weighted by Crippen LogP contribution is 2.29. The maximum atomic E-state index is 12.6. The molecule has 0 heterocycles. The van der Waals surface area contributed by atoms with Gasteiger partial charge in [-0.2, -0.15) is 13.2 Å². The molecule has 0 bridgehead atoms. The van der Waals surface area contributed by atoms with E-state index in [1.807, 2.05) is 24.3 Å². The van der Waals surface area contributed by atoms with Crippen LogP contribution in [0, 0.1) is 3.57 Å². The van der Waals surface area contributed by atoms with Crippen LogP contribution in [0.1, 0.15) is 21.5 Å². The molecule has 0 aliphatic heterocycles. The van der Waals surface area contributed by atoms with E-state index in [0.29, 0.717) is 0 Å². The molecule has 0 N–H and O–H groups in total. The average Bonchev–Trinajstić information content (AvgIpc) is 2.45. The zero-order valence-corrected chi connectivity index (χ0v) is 12.9. The third kappa shape index (κ3) is 4.17. The Morgan fingerprint density at radius 2 is 1.76 bits per heavy atom. The highest BCUT2D eigenvalue weighted by atomic mass is 127. The van der Waals surface area contributed by atoms with E-state index in [-0.39, 0.29) is 5.56 Å². The molecular weight excluding hydrogens is 392 g/mol. The number of ketones is 1. The number of allylic oxidation sites excluding steroid dienone is 1. The maximum absolute atomic E-state index is 12.6. The van der Waals surface area contributed by atoms with Crippen molar-refractivity contribution in [2.24, 2.45) is 0 Å². The lowest BCUT2D eigenvalue weighted by Crippen LogP contribution is -2.06. The highest BCUT2D eigenvalue weighted by molar-refractivity contribution is 14.1. The monoisotopic (exact) mass is 402 g/mol. The number of hydrogen-bond acceptors (Lipinski definition) is 1. The molecule has 0 aliphatic rings. The van der Waals surface area contributed by atoms with Gasteiger partial charge in [0.15, 0.2) is 5.78 Å². The molecule has 5 heteroatoms. The Labute approximate surface area is 133 Å². The van der Waals surface area contributed by atoms with Crippen LogP contribution in [-0.4, -0.2) is 5.78 Å². The second-order valence-electron chi connectivity index (χ2n) is 4.30. The summed E-state index contributed by atoms with van der Waals surface area (Å²) in [5.41, 5.74) is 0.0430. The van der Waals surface area contributed by atoms with Crippen molar-refractivity contribution in [1.82, 2.24) is 0 Å². The zero-order valence-electron chi connectivity index (χ0n) is 10.7. The number of hydrogen-bond donors (Lipinski definition) is 0. The van der Waals surface area contributed by atoms with Crippen LogP contribution in [0.4, 0.5) is 13.2 Å². The number of carbonyl (C=O) groups is 1. The minimum absolute atomic E-state index is 0.0204. The summed E-state index contributed by atoms with van der Waals surface area (Å²) in [5.74, 6) is -0.458. The van der Waals surface area contributed by atoms with E-state index < -0.39 is 17.5 Å². The molecule has 2 rings (SSSR count). The zero-order chi connectivity index (χ0) is 15.5. The van der Waals surface area contributed by atoms with Crippen molar-refractivity contribution in [1.29, 1.82) is 0 Å². The molecule has 21 heavy (non-hydrogen) atoms. The number of rotatable bonds is 3. The second kappa shape index (κ2) is 6.43. The Morgan fingerprint density at radius 3 is 2.43 bits per heavy atom. The number of benzene rings is 2. The normalized spacial score (nSPS) is 11.8. The van der Waals surface area contributed by atoms with Crippen LogP contribution >= 0.6 is 22.6 Å². The van der Waals surface area contributed by atoms with Crippen LogP contribution in [0.15, 0.2) is 54.6 Å². The first-order valence-corrected chi connectivity index (χ1v) is 7.10. The molecule has 0 unspecified atom stereocenters. The first-order valence-electron chi connectivity index (χ1n) is 6.02. The number of alkyl halides is 3. The quantitative estimate of drug-likeness (QED) is 0.392. The predicted molar refractivity (Wildman–Crippen MR) is 84.0 cm³/mol. The standard InChI is InChI=1S/C16H10F3IO/c17-16(18,19)13-6-3-5-12(10-13)15(21)9-8-11-4-1-2-7-14(11)20/h1-10H/b9-8+. The molecule has 0 atom stereocenters. The summed E-state index contributed by atoms with van der Waals surface area (Å²) in [7, 11) is 0. The van der Waals surface area contributed by atoms with Crippen LogP contribution in [0.2, 0.25) is 0 Å². The van der Waals surface area contributed by atoms with Crippen molar-refractivity contribution in [3.8, 4) is 0 Å². The molecule has 108 valence electrons. The van der Waals surface area contributed by atoms with Crippen molar-refractivity contribution in [3.63, 3.8) is 0 Å². The first kappa shape index (κ1) is 15.8. The minimum Gasteiger partial charge on any atom is -0.289 e. The predicted octanol–water partition coefficient (Wildman–Crippen LogP) is 5.21. The summed E-state index contributed by atoms with van der Waals surface area (Å²) in [6.45, 7) is 0. The van der Waals surface area contributed by atoms with Gasteiger partial charge in [-0.25, -0.2) is 0 Å². The van der Waals surface area contributed by atoms with Crippen LogP contribution in [0.5, 0.6) is 0 Å². The largest absolute Gasteiger partial charge is 0.416 e. The third-order valence-corrected chi connectivity index (χ3v) is 3.78. The lowest BCUT2D eigenvalue weighted by Gasteiger charge is -2.07. The molecule has 0 saturated heterocycles. The maximum Gasteiger partial charge on any atom is 0.416 e. The van der Waals surface area contributed by atoms with Gasteiger partial charge in [0.1, 0.15) is 0 Å². The summed E-state index contributed by atoms with van der Waals surface area (Å²) < 4.78 is 38.8. The fourth-order valence-electron chi connectivity index (χ4n) is 1.72. The molecule has 0 radical (unpaired) electrons. The fraction of sp³-hybridized carbons (Fsp3) is 0.0625. The Balaban J connectivity index is 2.23. The Kier molecular flexibility index (Phi) is 4.82. The van der Waals surface area contributed by atoms with Crippen LogP contribution < -0.4 is 0 Å². The van der Waals surface area contributed by atoms with Gasteiger partial charge in [0.2, 0.25) is 0 Å². The Morgan fingerprint density at radius 1 is 1.05 bits per heavy atom. The fourth-order valence-corrected chi connectivity index (χ4v) is 2.29. The topological polar surface area (TPSA) is 17.1 Å². The molecular formula is C16H10F3IO. The molecule has 0 aromatic heterocycles. The van der Waals surface area contributed by atoms with E-state index >= 15 is 0 Å². The molecule has 2 aromatic rings. The summed E-state index contributed by atoms with van der Waals surface area (Å²) >= 11 is 2.13. The SMILES string of the molecule is O=C(/C=C/c1ccccc1I)c1cccc(C(F)(F)F)c1. The number of carbonyl (C=O) groups excluding carboxylic acids is 1. The van der Waals surface area contributed by atoms with Gasteiger partial charge in [-0.15, -0.1) is 0 Å². The summed E-state index contributed by atoms with van der Waals surface area (Å²) in [4.78, 5) is 12.0. The van der Waals surface area contributed by atoms with E-state index in [9.17, 15) is 18.0 Å². The van der Waals surface area contributed by atoms with Crippen molar-refractivity contribution in [2.75, 3.05) is 0 Å². The highest BCUT2D eigenvalue weighted by Gasteiger charge is 2.30. The summed E-state index contributed by atoms with van der Waals surface area (Å²) in [6, 6.07) is 11.8. The molecule has 0 spiro atoms. The first-order chi connectivity index (χ1) is 9.88. The van der Waals surface area contributed by atoms with Crippen molar-refractivity contribution in [2.45, 2.75) is 6.18 Å². The van der Waals surface area contributed by atoms with Crippen LogP contribution in [0.25, 0.3) is 6.08 Å². The molecule has 0 aliphatic carbocycles. The molecule has 2 aromatic carbocycles. The van der Waals surface area contributed by atoms with Gasteiger partial charge in [-0.05, 0) is 52.4 Å². The van der Waals surface area contributed by atoms with Crippen molar-refractivity contribution in [3.05, 3.63) is 74.9 Å². The molecule has 1 nitrogen and oxygen atoms in total. The van der Waals surface area contributed by atoms with Gasteiger partial charge in [0.25, 0.3) is 0 Å². The van der Waals surface area contributed by atoms with Crippen LogP contribution in [-0.2, 0) is 6.18 Å². The van der Waals surface area contributed by atoms with Gasteiger partial charge >= 0.3 is 6.18 Å². The summed E-state index contributed by atoms with van der Waals surface area (Å²) in [6.07, 6.45) is -1.56. The number of halogens is 4. The van der Waals surface area contributed by atoms with Gasteiger partial charge in [0.05, 0.1) is 5.56 Å². The van der Waals surface area contributed by atoms with Gasteiger partial charge < -0.3 is 0 Å². The summed E-state index contributed by atoms with van der Waals surface area (Å²) in [5, 5.41) is 0. The van der Waals surface area contributed by atoms with E-state index in [2.05, 4.69) is 22.6 Å². The lowest BCUT2D eigenvalue weighted by molar-refractivity contribution is -0.137. The van der Waals surface area contributed by atoms with E-state index in [4.69, 9.17) is 0 Å². The average molecular weight is 402 g/mol. The third-order valence-electron chi connectivity index (χ3n) is 2.79. The second-order valence-corrected chi connectivity index (χ2v) is 5.46. The minimum atomic E-state index is -4.45. The van der Waals surface area contributed by atoms with Gasteiger partial charge in [0, 0.05) is 9.13 Å². The molecule has 0 saturated carbocycles. The van der Waals surface area contributed by atoms with Crippen molar-refractivity contribution >= 4 is 34.5 Å². The van der Waals surface area contributed by atoms with Gasteiger partial charge in [-0.3, -0.25) is 4.79 Å². The van der Waals surface area contributed by atoms with Crippen LogP contribution in [0.3, 0.4) is 0 Å². The van der Waals surface area contributed by atoms with E-state index in [1.54, 1.807) is 6.08 Å². The Bertz CT molecular complexity index is 690.